The fraction of sp³-hybridized carbons (Fsp3) is 0.316. The molecule has 0 spiro atoms. The first-order valence-corrected chi connectivity index (χ1v) is 8.38. The second-order valence-electron chi connectivity index (χ2n) is 5.96. The molecule has 23 heavy (non-hydrogen) atoms. The largest absolute Gasteiger partial charge is 0.492 e. The van der Waals surface area contributed by atoms with Gasteiger partial charge < -0.3 is 9.47 Å². The molecule has 0 amide bonds. The fourth-order valence-electron chi connectivity index (χ4n) is 2.11. The van der Waals surface area contributed by atoms with Gasteiger partial charge in [-0.1, -0.05) is 32.0 Å². The van der Waals surface area contributed by atoms with Crippen molar-refractivity contribution in [1.29, 1.82) is 0 Å². The van der Waals surface area contributed by atoms with E-state index < -0.39 is 0 Å². The number of benzene rings is 2. The molecule has 2 aromatic rings. The summed E-state index contributed by atoms with van der Waals surface area (Å²) in [5.41, 5.74) is 2.36. The Morgan fingerprint density at radius 2 is 1.78 bits per heavy atom. The maximum Gasteiger partial charge on any atom is 0.343 e. The van der Waals surface area contributed by atoms with Crippen molar-refractivity contribution in [3.8, 4) is 11.5 Å². The standard InChI is InChI=1S/C19H21BrO3/c1-12(2)11-22-17-9-8-15(10-16(17)20)19(21)23-18-13(3)6-5-7-14(18)4/h5-10,12H,11H2,1-4H3. The first-order valence-electron chi connectivity index (χ1n) is 7.59. The quantitative estimate of drug-likeness (QED) is 0.523. The molecule has 4 heteroatoms. The van der Waals surface area contributed by atoms with Crippen LogP contribution in [0.1, 0.15) is 35.3 Å². The monoisotopic (exact) mass is 376 g/mol. The average molecular weight is 377 g/mol. The first kappa shape index (κ1) is 17.5. The SMILES string of the molecule is Cc1cccc(C)c1OC(=O)c1ccc(OCC(C)C)c(Br)c1. The molecule has 2 rings (SSSR count). The number of ether oxygens (including phenoxy) is 2. The van der Waals surface area contributed by atoms with Crippen LogP contribution in [0.25, 0.3) is 0 Å². The van der Waals surface area contributed by atoms with Gasteiger partial charge in [-0.3, -0.25) is 0 Å². The van der Waals surface area contributed by atoms with Crippen LogP contribution in [-0.4, -0.2) is 12.6 Å². The van der Waals surface area contributed by atoms with Crippen LogP contribution in [0, 0.1) is 19.8 Å². The molecule has 0 saturated carbocycles. The van der Waals surface area contributed by atoms with Crippen molar-refractivity contribution in [2.75, 3.05) is 6.61 Å². The summed E-state index contributed by atoms with van der Waals surface area (Å²) < 4.78 is 12.0. The highest BCUT2D eigenvalue weighted by molar-refractivity contribution is 9.10. The van der Waals surface area contributed by atoms with Crippen LogP contribution in [0.15, 0.2) is 40.9 Å². The van der Waals surface area contributed by atoms with Gasteiger partial charge in [0.05, 0.1) is 16.6 Å². The van der Waals surface area contributed by atoms with E-state index in [1.54, 1.807) is 18.2 Å². The molecule has 122 valence electrons. The Balaban J connectivity index is 2.15. The summed E-state index contributed by atoms with van der Waals surface area (Å²) in [7, 11) is 0. The van der Waals surface area contributed by atoms with Crippen LogP contribution in [-0.2, 0) is 0 Å². The van der Waals surface area contributed by atoms with Crippen molar-refractivity contribution < 1.29 is 14.3 Å². The Kier molecular flexibility index (Phi) is 5.83. The number of para-hydroxylation sites is 1. The number of carbonyl (C=O) groups is 1. The van der Waals surface area contributed by atoms with Crippen LogP contribution in [0.2, 0.25) is 0 Å². The van der Waals surface area contributed by atoms with Crippen molar-refractivity contribution in [3.63, 3.8) is 0 Å². The average Bonchev–Trinajstić information content (AvgIpc) is 2.49. The van der Waals surface area contributed by atoms with E-state index >= 15 is 0 Å². The number of hydrogen-bond donors (Lipinski definition) is 0. The Hall–Kier alpha value is -1.81. The Bertz CT molecular complexity index is 688. The molecule has 0 aliphatic carbocycles. The van der Waals surface area contributed by atoms with E-state index in [4.69, 9.17) is 9.47 Å². The topological polar surface area (TPSA) is 35.5 Å². The molecule has 0 N–H and O–H groups in total. The van der Waals surface area contributed by atoms with Gasteiger partial charge in [-0.2, -0.15) is 0 Å². The van der Waals surface area contributed by atoms with Crippen molar-refractivity contribution in [3.05, 3.63) is 57.6 Å². The Morgan fingerprint density at radius 3 is 2.35 bits per heavy atom. The molecule has 0 aliphatic heterocycles. The molecule has 0 fully saturated rings. The second kappa shape index (κ2) is 7.64. The van der Waals surface area contributed by atoms with E-state index in [1.165, 1.54) is 0 Å². The van der Waals surface area contributed by atoms with Gasteiger partial charge in [0.2, 0.25) is 0 Å². The van der Waals surface area contributed by atoms with Crippen molar-refractivity contribution in [2.45, 2.75) is 27.7 Å². The van der Waals surface area contributed by atoms with E-state index in [2.05, 4.69) is 29.8 Å². The summed E-state index contributed by atoms with van der Waals surface area (Å²) in [5, 5.41) is 0. The maximum absolute atomic E-state index is 12.4. The van der Waals surface area contributed by atoms with Crippen molar-refractivity contribution in [2.24, 2.45) is 5.92 Å². The molecule has 0 atom stereocenters. The summed E-state index contributed by atoms with van der Waals surface area (Å²) in [5.74, 6) is 1.41. The molecule has 0 heterocycles. The highest BCUT2D eigenvalue weighted by atomic mass is 79.9. The van der Waals surface area contributed by atoms with Crippen LogP contribution in [0.5, 0.6) is 11.5 Å². The number of carbonyl (C=O) groups excluding carboxylic acids is 1. The number of halogens is 1. The summed E-state index contributed by atoms with van der Waals surface area (Å²) in [4.78, 5) is 12.4. The molecule has 0 unspecified atom stereocenters. The first-order chi connectivity index (χ1) is 10.9. The lowest BCUT2D eigenvalue weighted by Gasteiger charge is -2.12. The normalized spacial score (nSPS) is 10.7. The van der Waals surface area contributed by atoms with E-state index in [9.17, 15) is 4.79 Å². The van der Waals surface area contributed by atoms with Gasteiger partial charge in [0.25, 0.3) is 0 Å². The number of rotatable bonds is 5. The predicted molar refractivity (Wildman–Crippen MR) is 95.3 cm³/mol. The predicted octanol–water partition coefficient (Wildman–Crippen LogP) is 5.32. The zero-order valence-electron chi connectivity index (χ0n) is 13.9. The maximum atomic E-state index is 12.4. The second-order valence-corrected chi connectivity index (χ2v) is 6.81. The van der Waals surface area contributed by atoms with E-state index in [1.807, 2.05) is 32.0 Å². The van der Waals surface area contributed by atoms with Crippen LogP contribution >= 0.6 is 15.9 Å². The Labute approximate surface area is 145 Å². The molecule has 3 nitrogen and oxygen atoms in total. The lowest BCUT2D eigenvalue weighted by atomic mass is 10.1. The third-order valence-corrected chi connectivity index (χ3v) is 3.96. The minimum Gasteiger partial charge on any atom is -0.492 e. The highest BCUT2D eigenvalue weighted by Gasteiger charge is 2.14. The van der Waals surface area contributed by atoms with Gasteiger partial charge in [-0.25, -0.2) is 4.79 Å². The van der Waals surface area contributed by atoms with Gasteiger partial charge in [-0.05, 0) is 65.0 Å². The third kappa shape index (κ3) is 4.58. The molecule has 0 saturated heterocycles. The molecule has 0 radical (unpaired) electrons. The molecule has 0 aromatic heterocycles. The number of aryl methyl sites for hydroxylation is 2. The van der Waals surface area contributed by atoms with Crippen molar-refractivity contribution in [1.82, 2.24) is 0 Å². The zero-order chi connectivity index (χ0) is 17.0. The van der Waals surface area contributed by atoms with Gasteiger partial charge in [-0.15, -0.1) is 0 Å². The summed E-state index contributed by atoms with van der Waals surface area (Å²) in [6.07, 6.45) is 0. The minimum atomic E-state index is -0.376. The summed E-state index contributed by atoms with van der Waals surface area (Å²) >= 11 is 3.45. The van der Waals surface area contributed by atoms with Crippen LogP contribution in [0.4, 0.5) is 0 Å². The van der Waals surface area contributed by atoms with E-state index in [0.717, 1.165) is 21.3 Å². The fourth-order valence-corrected chi connectivity index (χ4v) is 2.61. The number of esters is 1. The lowest BCUT2D eigenvalue weighted by Crippen LogP contribution is -2.11. The summed E-state index contributed by atoms with van der Waals surface area (Å²) in [6, 6.07) is 11.0. The van der Waals surface area contributed by atoms with Gasteiger partial charge in [0.15, 0.2) is 0 Å². The zero-order valence-corrected chi connectivity index (χ0v) is 15.4. The molecular weight excluding hydrogens is 356 g/mol. The minimum absolute atomic E-state index is 0.376. The lowest BCUT2D eigenvalue weighted by molar-refractivity contribution is 0.0732. The third-order valence-electron chi connectivity index (χ3n) is 3.34. The van der Waals surface area contributed by atoms with Crippen molar-refractivity contribution >= 4 is 21.9 Å². The Morgan fingerprint density at radius 1 is 1.13 bits per heavy atom. The van der Waals surface area contributed by atoms with Gasteiger partial charge in [0.1, 0.15) is 11.5 Å². The molecular formula is C19H21BrO3. The van der Waals surface area contributed by atoms with Crippen LogP contribution in [0.3, 0.4) is 0 Å². The molecule has 0 bridgehead atoms. The smallest absolute Gasteiger partial charge is 0.343 e. The number of hydrogen-bond acceptors (Lipinski definition) is 3. The van der Waals surface area contributed by atoms with Crippen LogP contribution < -0.4 is 9.47 Å². The van der Waals surface area contributed by atoms with E-state index in [-0.39, 0.29) is 5.97 Å². The molecule has 2 aromatic carbocycles. The van der Waals surface area contributed by atoms with E-state index in [0.29, 0.717) is 23.8 Å². The van der Waals surface area contributed by atoms with Gasteiger partial charge >= 0.3 is 5.97 Å². The summed E-state index contributed by atoms with van der Waals surface area (Å²) in [6.45, 7) is 8.65. The molecule has 0 aliphatic rings. The highest BCUT2D eigenvalue weighted by Crippen LogP contribution is 2.28. The van der Waals surface area contributed by atoms with Gasteiger partial charge in [0, 0.05) is 0 Å².